The summed E-state index contributed by atoms with van der Waals surface area (Å²) in [5.74, 6) is 1.05. The molecule has 0 spiro atoms. The number of piperidine rings is 1. The molecule has 3 atom stereocenters. The molecule has 3 aromatic rings. The maximum Gasteiger partial charge on any atom is 0.309 e. The molecule has 2 aliphatic heterocycles. The maximum absolute atomic E-state index is 12.7. The summed E-state index contributed by atoms with van der Waals surface area (Å²) in [6.45, 7) is 5.36. The highest BCUT2D eigenvalue weighted by molar-refractivity contribution is 7.99. The minimum absolute atomic E-state index is 0.0362. The van der Waals surface area contributed by atoms with Gasteiger partial charge in [-0.3, -0.25) is 9.78 Å². The molecule has 1 aromatic heterocycles. The number of benzene rings is 2. The van der Waals surface area contributed by atoms with Crippen molar-refractivity contribution in [1.82, 2.24) is 9.88 Å². The van der Waals surface area contributed by atoms with Gasteiger partial charge < -0.3 is 14.5 Å². The molecule has 2 saturated carbocycles. The fourth-order valence-corrected chi connectivity index (χ4v) is 8.76. The molecule has 2 unspecified atom stereocenters. The van der Waals surface area contributed by atoms with Gasteiger partial charge in [-0.15, -0.1) is 0 Å². The van der Waals surface area contributed by atoms with E-state index < -0.39 is 5.41 Å². The predicted molar refractivity (Wildman–Crippen MR) is 173 cm³/mol. The standard InChI is InChI=1S/C37H42N4O2S/c38-26-37(29-5-2-1-3-6-29,34-7-4-8-35(34)43-36(42)28-9-10-28)30-17-21-40(22-18-30)23-27-24-41(25-27)31-11-13-32(14-12-31)44-33-15-19-39-20-16-33/h1-3,5-6,11-16,19-20,27-28,30,34-35H,4,7-10,17-18,21-25H2/t34?,35-,37?/m0/s1. The number of anilines is 1. The Morgan fingerprint density at radius 2 is 1.61 bits per heavy atom. The summed E-state index contributed by atoms with van der Waals surface area (Å²) in [6.07, 6.45) is 10.3. The second-order valence-corrected chi connectivity index (χ2v) is 14.4. The summed E-state index contributed by atoms with van der Waals surface area (Å²) in [6, 6.07) is 26.3. The highest BCUT2D eigenvalue weighted by Gasteiger charge is 2.53. The van der Waals surface area contributed by atoms with E-state index in [1.165, 1.54) is 15.5 Å². The number of ether oxygens (including phenoxy) is 1. The van der Waals surface area contributed by atoms with Crippen molar-refractivity contribution in [2.45, 2.75) is 66.3 Å². The molecule has 4 aliphatic rings. The molecule has 0 bridgehead atoms. The lowest BCUT2D eigenvalue weighted by Crippen LogP contribution is -2.54. The average Bonchev–Trinajstić information content (AvgIpc) is 3.81. The van der Waals surface area contributed by atoms with E-state index in [4.69, 9.17) is 4.74 Å². The average molecular weight is 607 g/mol. The topological polar surface area (TPSA) is 69.5 Å². The first-order valence-corrected chi connectivity index (χ1v) is 17.3. The van der Waals surface area contributed by atoms with Gasteiger partial charge in [0.2, 0.25) is 0 Å². The summed E-state index contributed by atoms with van der Waals surface area (Å²) in [4.78, 5) is 24.4. The maximum atomic E-state index is 12.7. The third kappa shape index (κ3) is 6.12. The number of carbonyl (C=O) groups is 1. The first kappa shape index (κ1) is 29.4. The van der Waals surface area contributed by atoms with Crippen LogP contribution in [-0.4, -0.2) is 54.7 Å². The van der Waals surface area contributed by atoms with Crippen LogP contribution in [0.4, 0.5) is 5.69 Å². The Balaban J connectivity index is 0.956. The van der Waals surface area contributed by atoms with E-state index in [1.54, 1.807) is 11.8 Å². The van der Waals surface area contributed by atoms with Crippen molar-refractivity contribution in [2.75, 3.05) is 37.6 Å². The van der Waals surface area contributed by atoms with Crippen molar-refractivity contribution >= 4 is 23.4 Å². The molecule has 3 heterocycles. The van der Waals surface area contributed by atoms with Gasteiger partial charge in [0.1, 0.15) is 6.10 Å². The van der Waals surface area contributed by atoms with Gasteiger partial charge in [-0.1, -0.05) is 42.1 Å². The van der Waals surface area contributed by atoms with Crippen molar-refractivity contribution in [3.8, 4) is 6.07 Å². The Morgan fingerprint density at radius 1 is 0.909 bits per heavy atom. The highest BCUT2D eigenvalue weighted by Crippen LogP contribution is 2.51. The molecular weight excluding hydrogens is 565 g/mol. The van der Waals surface area contributed by atoms with Gasteiger partial charge >= 0.3 is 5.97 Å². The summed E-state index contributed by atoms with van der Waals surface area (Å²) >= 11 is 1.77. The molecule has 2 aliphatic carbocycles. The summed E-state index contributed by atoms with van der Waals surface area (Å²) in [5, 5.41) is 11.0. The van der Waals surface area contributed by atoms with E-state index in [-0.39, 0.29) is 29.8 Å². The monoisotopic (exact) mass is 606 g/mol. The lowest BCUT2D eigenvalue weighted by Gasteiger charge is -2.48. The molecule has 44 heavy (non-hydrogen) atoms. The molecule has 2 aromatic carbocycles. The number of esters is 1. The number of hydrogen-bond acceptors (Lipinski definition) is 7. The largest absolute Gasteiger partial charge is 0.462 e. The van der Waals surface area contributed by atoms with E-state index >= 15 is 0 Å². The van der Waals surface area contributed by atoms with E-state index in [9.17, 15) is 10.1 Å². The van der Waals surface area contributed by atoms with Gasteiger partial charge in [0, 0.05) is 59.3 Å². The van der Waals surface area contributed by atoms with Crippen LogP contribution in [0.1, 0.15) is 50.5 Å². The first-order valence-electron chi connectivity index (χ1n) is 16.4. The number of nitriles is 1. The van der Waals surface area contributed by atoms with Crippen molar-refractivity contribution in [1.29, 1.82) is 5.26 Å². The number of rotatable bonds is 10. The van der Waals surface area contributed by atoms with E-state index in [1.807, 2.05) is 30.6 Å². The zero-order valence-corrected chi connectivity index (χ0v) is 26.2. The number of hydrogen-bond donors (Lipinski definition) is 0. The number of pyridine rings is 1. The zero-order valence-electron chi connectivity index (χ0n) is 25.4. The number of likely N-dealkylation sites (tertiary alicyclic amines) is 1. The Bertz CT molecular complexity index is 1440. The molecule has 7 heteroatoms. The normalized spacial score (nSPS) is 24.3. The van der Waals surface area contributed by atoms with Gasteiger partial charge in [0.05, 0.1) is 17.4 Å². The smallest absolute Gasteiger partial charge is 0.309 e. The molecule has 0 N–H and O–H groups in total. The van der Waals surface area contributed by atoms with Crippen LogP contribution in [-0.2, 0) is 14.9 Å². The van der Waals surface area contributed by atoms with Crippen molar-refractivity contribution in [3.63, 3.8) is 0 Å². The second kappa shape index (κ2) is 12.9. The van der Waals surface area contributed by atoms with Crippen LogP contribution in [0.15, 0.2) is 88.9 Å². The van der Waals surface area contributed by atoms with Crippen LogP contribution in [0, 0.1) is 35.0 Å². The molecular formula is C37H42N4O2S. The molecule has 4 fully saturated rings. The van der Waals surface area contributed by atoms with Gasteiger partial charge in [0.15, 0.2) is 0 Å². The summed E-state index contributed by atoms with van der Waals surface area (Å²) in [7, 11) is 0. The molecule has 7 rings (SSSR count). The number of nitrogens with zero attached hydrogens (tertiary/aromatic N) is 4. The first-order chi connectivity index (χ1) is 21.6. The Kier molecular flexibility index (Phi) is 8.64. The van der Waals surface area contributed by atoms with Crippen LogP contribution in [0.2, 0.25) is 0 Å². The number of carbonyl (C=O) groups excluding carboxylic acids is 1. The van der Waals surface area contributed by atoms with Gasteiger partial charge in [-0.05, 0) is 106 Å². The van der Waals surface area contributed by atoms with E-state index in [0.29, 0.717) is 5.92 Å². The van der Waals surface area contributed by atoms with Crippen molar-refractivity contribution in [2.24, 2.45) is 23.7 Å². The minimum atomic E-state index is -0.618. The SMILES string of the molecule is N#CC(c1ccccc1)(C1CCN(CC2CN(c3ccc(Sc4ccncc4)cc3)C2)CC1)C1CCC[C@@H]1OC(=O)C1CC1. The van der Waals surface area contributed by atoms with Crippen LogP contribution in [0.5, 0.6) is 0 Å². The lowest BCUT2D eigenvalue weighted by atomic mass is 9.59. The minimum Gasteiger partial charge on any atom is -0.462 e. The quantitative estimate of drug-likeness (QED) is 0.231. The van der Waals surface area contributed by atoms with Crippen LogP contribution < -0.4 is 4.90 Å². The summed E-state index contributed by atoms with van der Waals surface area (Å²) in [5.41, 5.74) is 1.79. The Morgan fingerprint density at radius 3 is 2.30 bits per heavy atom. The van der Waals surface area contributed by atoms with Crippen molar-refractivity contribution < 1.29 is 9.53 Å². The van der Waals surface area contributed by atoms with Gasteiger partial charge in [0.25, 0.3) is 0 Å². The second-order valence-electron chi connectivity index (χ2n) is 13.3. The number of aromatic nitrogens is 1. The lowest BCUT2D eigenvalue weighted by molar-refractivity contribution is -0.153. The van der Waals surface area contributed by atoms with Crippen LogP contribution in [0.25, 0.3) is 0 Å². The molecule has 2 saturated heterocycles. The van der Waals surface area contributed by atoms with Crippen LogP contribution >= 0.6 is 11.8 Å². The van der Waals surface area contributed by atoms with Gasteiger partial charge in [-0.2, -0.15) is 5.26 Å². The summed E-state index contributed by atoms with van der Waals surface area (Å²) < 4.78 is 6.14. The Labute approximate surface area is 265 Å². The molecule has 228 valence electrons. The third-order valence-corrected chi connectivity index (χ3v) is 11.5. The fraction of sp³-hybridized carbons (Fsp3) is 0.486. The van der Waals surface area contributed by atoms with E-state index in [0.717, 1.165) is 83.2 Å². The fourth-order valence-electron chi connectivity index (χ4n) is 7.96. The van der Waals surface area contributed by atoms with E-state index in [2.05, 4.69) is 69.4 Å². The molecule has 6 nitrogen and oxygen atoms in total. The highest BCUT2D eigenvalue weighted by atomic mass is 32.2. The van der Waals surface area contributed by atoms with Crippen LogP contribution in [0.3, 0.4) is 0 Å². The Hall–Kier alpha value is -3.34. The molecule has 0 amide bonds. The zero-order chi connectivity index (χ0) is 29.9. The van der Waals surface area contributed by atoms with Crippen molar-refractivity contribution in [3.05, 3.63) is 84.7 Å². The third-order valence-electron chi connectivity index (χ3n) is 10.4. The molecule has 0 radical (unpaired) electrons. The predicted octanol–water partition coefficient (Wildman–Crippen LogP) is 6.96. The van der Waals surface area contributed by atoms with Gasteiger partial charge in [-0.25, -0.2) is 0 Å².